The zero-order valence-corrected chi connectivity index (χ0v) is 6.65. The summed E-state index contributed by atoms with van der Waals surface area (Å²) in [6.07, 6.45) is -0.455. The lowest BCUT2D eigenvalue weighted by Crippen LogP contribution is -1.97. The summed E-state index contributed by atoms with van der Waals surface area (Å²) >= 11 is 0. The number of phenolic OH excluding ortho intramolecular Hbond substituents is 1. The normalized spacial score (nSPS) is 12.1. The van der Waals surface area contributed by atoms with E-state index >= 15 is 0 Å². The molecule has 0 bridgehead atoms. The van der Waals surface area contributed by atoms with Crippen molar-refractivity contribution in [3.63, 3.8) is 0 Å². The van der Waals surface area contributed by atoms with Crippen LogP contribution >= 0.6 is 0 Å². The van der Waals surface area contributed by atoms with Gasteiger partial charge >= 0.3 is 6.47 Å². The number of benzene rings is 1. The average Bonchev–Trinajstić information content (AvgIpc) is 2.05. The number of para-hydroxylation sites is 1. The standard InChI is InChI=1S/C9H9O3/c1-7(12-6-10)8-4-2-3-5-9(8)11/h2-5,7,11H,1H3. The second kappa shape index (κ2) is 3.76. The molecule has 1 radical (unpaired) electrons. The molecule has 12 heavy (non-hydrogen) atoms. The minimum absolute atomic E-state index is 0.125. The largest absolute Gasteiger partial charge is 0.508 e. The Balaban J connectivity index is 2.86. The van der Waals surface area contributed by atoms with Crippen LogP contribution in [0.4, 0.5) is 0 Å². The predicted molar refractivity (Wildman–Crippen MR) is 43.3 cm³/mol. The van der Waals surface area contributed by atoms with Gasteiger partial charge in [0.25, 0.3) is 0 Å². The molecule has 0 heterocycles. The molecule has 0 saturated carbocycles. The van der Waals surface area contributed by atoms with Gasteiger partial charge in [0, 0.05) is 5.56 Å². The smallest absolute Gasteiger partial charge is 0.418 e. The molecule has 0 amide bonds. The van der Waals surface area contributed by atoms with Gasteiger partial charge in [-0.15, -0.1) is 0 Å². The van der Waals surface area contributed by atoms with E-state index in [4.69, 9.17) is 0 Å². The Morgan fingerprint density at radius 3 is 2.75 bits per heavy atom. The minimum Gasteiger partial charge on any atom is -0.508 e. The van der Waals surface area contributed by atoms with Crippen LogP contribution in [0.25, 0.3) is 0 Å². The fourth-order valence-corrected chi connectivity index (χ4v) is 0.967. The van der Waals surface area contributed by atoms with Crippen LogP contribution < -0.4 is 0 Å². The highest BCUT2D eigenvalue weighted by Crippen LogP contribution is 2.24. The molecule has 1 N–H and O–H groups in total. The van der Waals surface area contributed by atoms with Crippen LogP contribution in [0.5, 0.6) is 5.75 Å². The number of hydrogen-bond donors (Lipinski definition) is 1. The summed E-state index contributed by atoms with van der Waals surface area (Å²) in [5, 5.41) is 9.30. The minimum atomic E-state index is -0.455. The molecule has 1 aromatic rings. The van der Waals surface area contributed by atoms with Gasteiger partial charge in [-0.25, -0.2) is 4.79 Å². The topological polar surface area (TPSA) is 46.5 Å². The second-order valence-corrected chi connectivity index (χ2v) is 2.40. The molecule has 1 atom stereocenters. The van der Waals surface area contributed by atoms with Crippen molar-refractivity contribution in [3.05, 3.63) is 29.8 Å². The Morgan fingerprint density at radius 2 is 2.17 bits per heavy atom. The van der Waals surface area contributed by atoms with Gasteiger partial charge in [-0.3, -0.25) is 0 Å². The fraction of sp³-hybridized carbons (Fsp3) is 0.222. The third-order valence-electron chi connectivity index (χ3n) is 1.60. The summed E-state index contributed by atoms with van der Waals surface area (Å²) in [4.78, 5) is 9.87. The number of phenols is 1. The summed E-state index contributed by atoms with van der Waals surface area (Å²) < 4.78 is 4.54. The van der Waals surface area contributed by atoms with E-state index in [0.717, 1.165) is 0 Å². The van der Waals surface area contributed by atoms with Gasteiger partial charge in [-0.1, -0.05) is 18.2 Å². The SMILES string of the molecule is CC(O[C]=O)c1ccccc1O. The molecule has 3 heteroatoms. The second-order valence-electron chi connectivity index (χ2n) is 2.40. The van der Waals surface area contributed by atoms with Crippen LogP contribution in [-0.2, 0) is 9.53 Å². The van der Waals surface area contributed by atoms with Crippen molar-refractivity contribution in [1.82, 2.24) is 0 Å². The van der Waals surface area contributed by atoms with E-state index in [2.05, 4.69) is 4.74 Å². The van der Waals surface area contributed by atoms with Crippen molar-refractivity contribution < 1.29 is 14.6 Å². The van der Waals surface area contributed by atoms with Crippen LogP contribution in [0.2, 0.25) is 0 Å². The van der Waals surface area contributed by atoms with Gasteiger partial charge in [0.05, 0.1) is 0 Å². The Kier molecular flexibility index (Phi) is 2.69. The first kappa shape index (κ1) is 8.59. The fourth-order valence-electron chi connectivity index (χ4n) is 0.967. The highest BCUT2D eigenvalue weighted by atomic mass is 16.5. The molecule has 1 rings (SSSR count). The Bertz CT molecular complexity index is 270. The Hall–Kier alpha value is -1.51. The zero-order valence-electron chi connectivity index (χ0n) is 6.65. The predicted octanol–water partition coefficient (Wildman–Crippen LogP) is 1.54. The molecular weight excluding hydrogens is 156 g/mol. The summed E-state index contributed by atoms with van der Waals surface area (Å²) in [6.45, 7) is 3.00. The monoisotopic (exact) mass is 165 g/mol. The van der Waals surface area contributed by atoms with Crippen LogP contribution in [0.3, 0.4) is 0 Å². The zero-order chi connectivity index (χ0) is 8.97. The van der Waals surface area contributed by atoms with Gasteiger partial charge in [0.2, 0.25) is 0 Å². The lowest BCUT2D eigenvalue weighted by Gasteiger charge is -2.09. The van der Waals surface area contributed by atoms with E-state index in [0.29, 0.717) is 5.56 Å². The van der Waals surface area contributed by atoms with Gasteiger partial charge in [-0.2, -0.15) is 0 Å². The molecular formula is C9H9O3. The van der Waals surface area contributed by atoms with Crippen LogP contribution in [0, 0.1) is 0 Å². The van der Waals surface area contributed by atoms with Gasteiger partial charge in [-0.05, 0) is 13.0 Å². The van der Waals surface area contributed by atoms with Crippen LogP contribution in [0.1, 0.15) is 18.6 Å². The van der Waals surface area contributed by atoms with E-state index in [-0.39, 0.29) is 5.75 Å². The van der Waals surface area contributed by atoms with E-state index < -0.39 is 6.10 Å². The van der Waals surface area contributed by atoms with Crippen molar-refractivity contribution in [2.75, 3.05) is 0 Å². The van der Waals surface area contributed by atoms with Crippen molar-refractivity contribution in [2.24, 2.45) is 0 Å². The number of ether oxygens (including phenoxy) is 1. The molecule has 0 aliphatic heterocycles. The van der Waals surface area contributed by atoms with E-state index in [9.17, 15) is 9.90 Å². The molecule has 1 aromatic carbocycles. The number of hydrogen-bond acceptors (Lipinski definition) is 3. The van der Waals surface area contributed by atoms with Crippen molar-refractivity contribution >= 4 is 6.47 Å². The Morgan fingerprint density at radius 1 is 1.50 bits per heavy atom. The third-order valence-corrected chi connectivity index (χ3v) is 1.60. The highest BCUT2D eigenvalue weighted by Gasteiger charge is 2.09. The van der Waals surface area contributed by atoms with Gasteiger partial charge < -0.3 is 9.84 Å². The maximum atomic E-state index is 9.87. The maximum Gasteiger partial charge on any atom is 0.418 e. The summed E-state index contributed by atoms with van der Waals surface area (Å²) in [5.41, 5.74) is 0.584. The molecule has 3 nitrogen and oxygen atoms in total. The van der Waals surface area contributed by atoms with E-state index in [1.54, 1.807) is 31.2 Å². The number of aromatic hydroxyl groups is 1. The molecule has 0 saturated heterocycles. The quantitative estimate of drug-likeness (QED) is 0.738. The first-order valence-corrected chi connectivity index (χ1v) is 3.56. The lowest BCUT2D eigenvalue weighted by molar-refractivity contribution is 0.194. The molecule has 0 aliphatic carbocycles. The van der Waals surface area contributed by atoms with Crippen LogP contribution in [0.15, 0.2) is 24.3 Å². The number of carbonyl (C=O) groups excluding carboxylic acids is 1. The molecule has 63 valence electrons. The first-order chi connectivity index (χ1) is 5.75. The van der Waals surface area contributed by atoms with Crippen molar-refractivity contribution in [3.8, 4) is 5.75 Å². The first-order valence-electron chi connectivity index (χ1n) is 3.56. The number of rotatable bonds is 3. The van der Waals surface area contributed by atoms with Gasteiger partial charge in [0.1, 0.15) is 11.9 Å². The van der Waals surface area contributed by atoms with Crippen molar-refractivity contribution in [1.29, 1.82) is 0 Å². The third kappa shape index (κ3) is 1.75. The highest BCUT2D eigenvalue weighted by molar-refractivity contribution is 5.41. The van der Waals surface area contributed by atoms with E-state index in [1.165, 1.54) is 6.47 Å². The summed E-state index contributed by atoms with van der Waals surface area (Å²) in [7, 11) is 0. The van der Waals surface area contributed by atoms with Crippen molar-refractivity contribution in [2.45, 2.75) is 13.0 Å². The van der Waals surface area contributed by atoms with Gasteiger partial charge in [0.15, 0.2) is 0 Å². The lowest BCUT2D eigenvalue weighted by atomic mass is 10.1. The van der Waals surface area contributed by atoms with Crippen LogP contribution in [-0.4, -0.2) is 11.6 Å². The maximum absolute atomic E-state index is 9.87. The molecule has 0 aromatic heterocycles. The average molecular weight is 165 g/mol. The molecule has 0 fully saturated rings. The molecule has 1 unspecified atom stereocenters. The summed E-state index contributed by atoms with van der Waals surface area (Å²) in [5.74, 6) is 0.125. The van der Waals surface area contributed by atoms with E-state index in [1.807, 2.05) is 0 Å². The Labute approximate surface area is 70.6 Å². The molecule has 0 spiro atoms. The summed E-state index contributed by atoms with van der Waals surface area (Å²) in [6, 6.07) is 6.70. The molecule has 0 aliphatic rings.